The lowest BCUT2D eigenvalue weighted by molar-refractivity contribution is -0.136. The molecule has 1 aromatic rings. The van der Waals surface area contributed by atoms with E-state index in [0.29, 0.717) is 25.0 Å². The summed E-state index contributed by atoms with van der Waals surface area (Å²) in [6.45, 7) is 4.69. The van der Waals surface area contributed by atoms with Gasteiger partial charge in [0, 0.05) is 32.4 Å². The van der Waals surface area contributed by atoms with Gasteiger partial charge < -0.3 is 15.4 Å². The summed E-state index contributed by atoms with van der Waals surface area (Å²) in [5.41, 5.74) is 5.72. The molecule has 1 aliphatic heterocycles. The molecule has 134 valence electrons. The Balaban J connectivity index is 1.89. The van der Waals surface area contributed by atoms with E-state index in [1.165, 1.54) is 0 Å². The van der Waals surface area contributed by atoms with E-state index in [2.05, 4.69) is 21.9 Å². The van der Waals surface area contributed by atoms with E-state index in [-0.39, 0.29) is 11.8 Å². The molecule has 0 saturated carbocycles. The average Bonchev–Trinajstić information content (AvgIpc) is 2.80. The molecule has 0 aromatic carbocycles. The minimum Gasteiger partial charge on any atom is -0.384 e. The second-order valence-electron chi connectivity index (χ2n) is 6.58. The van der Waals surface area contributed by atoms with Crippen molar-refractivity contribution in [1.29, 1.82) is 0 Å². The molecule has 1 fully saturated rings. The topological polar surface area (TPSA) is 84.6 Å². The van der Waals surface area contributed by atoms with Gasteiger partial charge >= 0.3 is 0 Å². The molecule has 2 heterocycles. The van der Waals surface area contributed by atoms with Crippen LogP contribution in [0.5, 0.6) is 0 Å². The summed E-state index contributed by atoms with van der Waals surface area (Å²) in [5, 5.41) is 0. The molecule has 0 radical (unpaired) electrons. The maximum absolute atomic E-state index is 12.4. The zero-order chi connectivity index (χ0) is 17.5. The molecule has 1 aromatic heterocycles. The Morgan fingerprint density at radius 1 is 1.50 bits per heavy atom. The van der Waals surface area contributed by atoms with E-state index >= 15 is 0 Å². The third-order valence-electron chi connectivity index (χ3n) is 4.59. The number of anilines is 1. The van der Waals surface area contributed by atoms with Crippen LogP contribution in [0.1, 0.15) is 32.0 Å². The summed E-state index contributed by atoms with van der Waals surface area (Å²) in [6.07, 6.45) is 4.74. The van der Waals surface area contributed by atoms with Crippen molar-refractivity contribution in [2.75, 3.05) is 39.6 Å². The van der Waals surface area contributed by atoms with Crippen LogP contribution >= 0.6 is 0 Å². The highest BCUT2D eigenvalue weighted by Gasteiger charge is 2.26. The predicted octanol–water partition coefficient (Wildman–Crippen LogP) is 1.15. The maximum atomic E-state index is 12.4. The van der Waals surface area contributed by atoms with Gasteiger partial charge in [-0.2, -0.15) is 0 Å². The number of aromatic nitrogens is 2. The van der Waals surface area contributed by atoms with Crippen molar-refractivity contribution >= 4 is 11.7 Å². The van der Waals surface area contributed by atoms with Gasteiger partial charge in [0.05, 0.1) is 19.1 Å². The first-order valence-electron chi connectivity index (χ1n) is 8.56. The minimum atomic E-state index is -0.0787. The van der Waals surface area contributed by atoms with Crippen LogP contribution in [0.3, 0.4) is 0 Å². The largest absolute Gasteiger partial charge is 0.384 e. The van der Waals surface area contributed by atoms with Crippen molar-refractivity contribution in [2.45, 2.75) is 38.8 Å². The minimum absolute atomic E-state index is 0.0787. The Morgan fingerprint density at radius 2 is 2.29 bits per heavy atom. The summed E-state index contributed by atoms with van der Waals surface area (Å²) in [4.78, 5) is 25.2. The van der Waals surface area contributed by atoms with Crippen molar-refractivity contribution in [3.8, 4) is 0 Å². The van der Waals surface area contributed by atoms with Crippen LogP contribution in [0.15, 0.2) is 12.3 Å². The summed E-state index contributed by atoms with van der Waals surface area (Å²) in [5.74, 6) is 1.35. The quantitative estimate of drug-likeness (QED) is 0.839. The van der Waals surface area contributed by atoms with Crippen molar-refractivity contribution in [1.82, 2.24) is 19.8 Å². The van der Waals surface area contributed by atoms with Crippen molar-refractivity contribution in [2.24, 2.45) is 5.92 Å². The number of nitrogens with zero attached hydrogens (tertiary/aromatic N) is 4. The lowest BCUT2D eigenvalue weighted by Crippen LogP contribution is -2.38. The van der Waals surface area contributed by atoms with Gasteiger partial charge in [0.25, 0.3) is 0 Å². The summed E-state index contributed by atoms with van der Waals surface area (Å²) in [7, 11) is 3.72. The SMILES string of the molecule is COCC(C)C(=O)N1CCCC(N(C)Cc2nccc(N)n2)CC1. The fourth-order valence-electron chi connectivity index (χ4n) is 3.22. The number of likely N-dealkylation sites (tertiary alicyclic amines) is 1. The first-order valence-corrected chi connectivity index (χ1v) is 8.56. The molecule has 24 heavy (non-hydrogen) atoms. The third kappa shape index (κ3) is 5.14. The van der Waals surface area contributed by atoms with Gasteiger partial charge in [0.2, 0.25) is 5.91 Å². The van der Waals surface area contributed by atoms with Crippen LogP contribution in [0.2, 0.25) is 0 Å². The van der Waals surface area contributed by atoms with Crippen LogP contribution in [0, 0.1) is 5.92 Å². The zero-order valence-corrected chi connectivity index (χ0v) is 14.9. The van der Waals surface area contributed by atoms with E-state index in [0.717, 1.165) is 38.2 Å². The molecular formula is C17H29N5O2. The normalized spacial score (nSPS) is 20.0. The smallest absolute Gasteiger partial charge is 0.227 e. The van der Waals surface area contributed by atoms with Gasteiger partial charge in [-0.1, -0.05) is 6.92 Å². The van der Waals surface area contributed by atoms with E-state index in [1.54, 1.807) is 19.4 Å². The maximum Gasteiger partial charge on any atom is 0.227 e. The highest BCUT2D eigenvalue weighted by molar-refractivity contribution is 5.78. The standard InChI is InChI=1S/C17H29N5O2/c1-13(12-24-3)17(23)22-9-4-5-14(7-10-22)21(2)11-16-19-8-6-15(18)20-16/h6,8,13-14H,4-5,7,9-12H2,1-3H3,(H2,18,19,20). The molecule has 0 aliphatic carbocycles. The van der Waals surface area contributed by atoms with Crippen molar-refractivity contribution in [3.05, 3.63) is 18.1 Å². The number of amides is 1. The Bertz CT molecular complexity index is 539. The van der Waals surface area contributed by atoms with Crippen LogP contribution < -0.4 is 5.73 Å². The van der Waals surface area contributed by atoms with E-state index in [1.807, 2.05) is 11.8 Å². The molecule has 2 atom stereocenters. The Labute approximate surface area is 144 Å². The number of carbonyl (C=O) groups excluding carboxylic acids is 1. The molecule has 0 bridgehead atoms. The second-order valence-corrected chi connectivity index (χ2v) is 6.58. The number of nitrogens with two attached hydrogens (primary N) is 1. The lowest BCUT2D eigenvalue weighted by Gasteiger charge is -2.27. The molecule has 2 unspecified atom stereocenters. The predicted molar refractivity (Wildman–Crippen MR) is 93.2 cm³/mol. The molecule has 1 saturated heterocycles. The first kappa shape index (κ1) is 18.6. The molecule has 7 nitrogen and oxygen atoms in total. The highest BCUT2D eigenvalue weighted by Crippen LogP contribution is 2.18. The summed E-state index contributed by atoms with van der Waals surface area (Å²) < 4.78 is 5.10. The van der Waals surface area contributed by atoms with Crippen LogP contribution in [0.25, 0.3) is 0 Å². The Hall–Kier alpha value is -1.73. The third-order valence-corrected chi connectivity index (χ3v) is 4.59. The number of hydrogen-bond acceptors (Lipinski definition) is 6. The molecule has 7 heteroatoms. The number of nitrogen functional groups attached to an aromatic ring is 1. The zero-order valence-electron chi connectivity index (χ0n) is 14.9. The summed E-state index contributed by atoms with van der Waals surface area (Å²) >= 11 is 0. The van der Waals surface area contributed by atoms with Crippen molar-refractivity contribution < 1.29 is 9.53 Å². The number of carbonyl (C=O) groups is 1. The average molecular weight is 335 g/mol. The fourth-order valence-corrected chi connectivity index (χ4v) is 3.22. The highest BCUT2D eigenvalue weighted by atomic mass is 16.5. The number of ether oxygens (including phenoxy) is 1. The van der Waals surface area contributed by atoms with Gasteiger partial charge in [-0.15, -0.1) is 0 Å². The molecule has 2 N–H and O–H groups in total. The Morgan fingerprint density at radius 3 is 3.00 bits per heavy atom. The van der Waals surface area contributed by atoms with Crippen molar-refractivity contribution in [3.63, 3.8) is 0 Å². The van der Waals surface area contributed by atoms with E-state index in [4.69, 9.17) is 10.5 Å². The van der Waals surface area contributed by atoms with Gasteiger partial charge in [0.15, 0.2) is 0 Å². The van der Waals surface area contributed by atoms with Gasteiger partial charge in [-0.3, -0.25) is 9.69 Å². The second kappa shape index (κ2) is 8.94. The molecule has 2 rings (SSSR count). The fraction of sp³-hybridized carbons (Fsp3) is 0.706. The monoisotopic (exact) mass is 335 g/mol. The van der Waals surface area contributed by atoms with Crippen LogP contribution in [-0.4, -0.2) is 65.6 Å². The molecule has 1 amide bonds. The number of hydrogen-bond donors (Lipinski definition) is 1. The molecular weight excluding hydrogens is 306 g/mol. The lowest BCUT2D eigenvalue weighted by atomic mass is 10.1. The molecule has 1 aliphatic rings. The van der Waals surface area contributed by atoms with E-state index < -0.39 is 0 Å². The first-order chi connectivity index (χ1) is 11.5. The van der Waals surface area contributed by atoms with Crippen LogP contribution in [-0.2, 0) is 16.1 Å². The Kier molecular flexibility index (Phi) is 6.93. The van der Waals surface area contributed by atoms with Gasteiger partial charge in [0.1, 0.15) is 11.6 Å². The number of rotatable bonds is 6. The van der Waals surface area contributed by atoms with Gasteiger partial charge in [-0.05, 0) is 32.4 Å². The van der Waals surface area contributed by atoms with Gasteiger partial charge in [-0.25, -0.2) is 9.97 Å². The molecule has 0 spiro atoms. The summed E-state index contributed by atoms with van der Waals surface area (Å²) in [6, 6.07) is 2.12. The van der Waals surface area contributed by atoms with E-state index in [9.17, 15) is 4.79 Å². The van der Waals surface area contributed by atoms with Crippen LogP contribution in [0.4, 0.5) is 5.82 Å². The number of methoxy groups -OCH3 is 1.